The molecule has 66 heavy (non-hydrogen) atoms. The highest BCUT2D eigenvalue weighted by Crippen LogP contribution is 2.44. The van der Waals surface area contributed by atoms with Crippen LogP contribution in [0.2, 0.25) is 0 Å². The summed E-state index contributed by atoms with van der Waals surface area (Å²) in [5, 5.41) is 6.76. The lowest BCUT2D eigenvalue weighted by atomic mass is 9.99. The molecule has 0 atom stereocenters. The molecule has 0 radical (unpaired) electrons. The highest BCUT2D eigenvalue weighted by molar-refractivity contribution is 7.22. The number of para-hydroxylation sites is 5. The second kappa shape index (κ2) is 16.6. The Hall–Kier alpha value is -8.44. The van der Waals surface area contributed by atoms with E-state index in [-0.39, 0.29) is 0 Å². The molecule has 3 nitrogen and oxygen atoms in total. The minimum atomic E-state index is -3.03. The number of benzene rings is 10. The molecule has 1 aliphatic rings. The maximum absolute atomic E-state index is 3.03. The number of nitrogens with zero attached hydrogens (tertiary/aromatic N) is 3. The smallest absolute Gasteiger partial charge is 0.186 e. The molecule has 312 valence electrons. The van der Waals surface area contributed by atoms with E-state index in [1.807, 2.05) is 0 Å². The minimum absolute atomic E-state index is 1.12. The van der Waals surface area contributed by atoms with Gasteiger partial charge in [0.05, 0.1) is 5.52 Å². The summed E-state index contributed by atoms with van der Waals surface area (Å²) in [7, 11) is -3.03. The molecule has 0 fully saturated rings. The topological polar surface area (TPSA) is 11.4 Å². The summed E-state index contributed by atoms with van der Waals surface area (Å²) < 4.78 is 2.52. The first kappa shape index (κ1) is 39.2. The Labute approximate surface area is 387 Å². The van der Waals surface area contributed by atoms with Crippen LogP contribution in [0.5, 0.6) is 0 Å². The third-order valence-corrected chi connectivity index (χ3v) is 18.1. The van der Waals surface area contributed by atoms with E-state index in [4.69, 9.17) is 0 Å². The second-order valence-electron chi connectivity index (χ2n) is 16.9. The summed E-state index contributed by atoms with van der Waals surface area (Å²) in [5.41, 5.74) is 12.8. The van der Waals surface area contributed by atoms with Crippen molar-refractivity contribution >= 4 is 74.0 Å². The van der Waals surface area contributed by atoms with Crippen LogP contribution in [0.25, 0.3) is 38.8 Å². The van der Waals surface area contributed by atoms with Crippen LogP contribution >= 0.6 is 0 Å². The number of hydrogen-bond acceptors (Lipinski definition) is 2. The third-order valence-electron chi connectivity index (χ3n) is 13.2. The second-order valence-corrected chi connectivity index (χ2v) is 20.6. The number of anilines is 6. The Bertz CT molecular complexity index is 3350. The zero-order valence-corrected chi connectivity index (χ0v) is 37.3. The van der Waals surface area contributed by atoms with Crippen molar-refractivity contribution in [1.82, 2.24) is 4.57 Å². The molecular weight excluding hydrogens is 815 g/mol. The summed E-state index contributed by atoms with van der Waals surface area (Å²) in [4.78, 5) is 4.82. The average molecular weight is 860 g/mol. The van der Waals surface area contributed by atoms with E-state index in [9.17, 15) is 0 Å². The molecule has 1 aliphatic heterocycles. The van der Waals surface area contributed by atoms with E-state index in [0.29, 0.717) is 0 Å². The predicted molar refractivity (Wildman–Crippen MR) is 281 cm³/mol. The number of rotatable bonds is 9. The molecule has 0 unspecified atom stereocenters. The van der Waals surface area contributed by atoms with Gasteiger partial charge >= 0.3 is 0 Å². The molecule has 0 aliphatic carbocycles. The first-order chi connectivity index (χ1) is 32.8. The van der Waals surface area contributed by atoms with Crippen molar-refractivity contribution in [1.29, 1.82) is 0 Å². The van der Waals surface area contributed by atoms with Crippen LogP contribution < -0.4 is 30.5 Å². The summed E-state index contributed by atoms with van der Waals surface area (Å²) >= 11 is 0. The van der Waals surface area contributed by atoms with E-state index in [1.165, 1.54) is 65.4 Å². The van der Waals surface area contributed by atoms with E-state index < -0.39 is 8.07 Å². The van der Waals surface area contributed by atoms with Crippen LogP contribution in [-0.2, 0) is 0 Å². The van der Waals surface area contributed by atoms with Crippen LogP contribution in [0.1, 0.15) is 0 Å². The largest absolute Gasteiger partial charge is 0.311 e. The van der Waals surface area contributed by atoms with Gasteiger partial charge in [0.15, 0.2) is 8.07 Å². The zero-order chi connectivity index (χ0) is 43.9. The van der Waals surface area contributed by atoms with E-state index in [0.717, 1.165) is 28.4 Å². The van der Waals surface area contributed by atoms with Crippen molar-refractivity contribution < 1.29 is 0 Å². The van der Waals surface area contributed by atoms with Gasteiger partial charge in [0.2, 0.25) is 0 Å². The lowest BCUT2D eigenvalue weighted by Crippen LogP contribution is -2.77. The Morgan fingerprint density at radius 1 is 0.333 bits per heavy atom. The van der Waals surface area contributed by atoms with Gasteiger partial charge in [-0.3, -0.25) is 9.47 Å². The summed E-state index contributed by atoms with van der Waals surface area (Å²) in [6, 6.07) is 100. The lowest BCUT2D eigenvalue weighted by Gasteiger charge is -2.44. The molecule has 0 bridgehead atoms. The van der Waals surface area contributed by atoms with Gasteiger partial charge in [0.1, 0.15) is 5.82 Å². The van der Waals surface area contributed by atoms with Gasteiger partial charge in [-0.05, 0) is 117 Å². The van der Waals surface area contributed by atoms with E-state index in [1.54, 1.807) is 0 Å². The quantitative estimate of drug-likeness (QED) is 0.134. The Kier molecular flexibility index (Phi) is 9.85. The fourth-order valence-corrected chi connectivity index (χ4v) is 15.6. The molecule has 4 heteroatoms. The molecule has 0 saturated carbocycles. The van der Waals surface area contributed by atoms with Crippen LogP contribution in [0.15, 0.2) is 273 Å². The molecule has 2 heterocycles. The molecule has 12 rings (SSSR count). The predicted octanol–water partition coefficient (Wildman–Crippen LogP) is 13.6. The van der Waals surface area contributed by atoms with Crippen LogP contribution in [0, 0.1) is 0 Å². The monoisotopic (exact) mass is 859 g/mol. The highest BCUT2D eigenvalue weighted by atomic mass is 28.3. The van der Waals surface area contributed by atoms with Crippen LogP contribution in [0.4, 0.5) is 34.3 Å². The SMILES string of the molecule is c1ccc(N(c2ccccc2)c2ccc(-c3ccc(-c4ccc5c(c4)c4c(n5-c5ccccc5)N(c5ccccc5)c5ccccc5[Si]4(c4ccccc4)c4ccccc4)cc3)cc2)cc1. The summed E-state index contributed by atoms with van der Waals surface area (Å²) in [5.74, 6) is 1.19. The van der Waals surface area contributed by atoms with Gasteiger partial charge in [-0.25, -0.2) is 0 Å². The first-order valence-electron chi connectivity index (χ1n) is 22.7. The lowest BCUT2D eigenvalue weighted by molar-refractivity contribution is 1.08. The highest BCUT2D eigenvalue weighted by Gasteiger charge is 2.52. The summed E-state index contributed by atoms with van der Waals surface area (Å²) in [6.45, 7) is 0. The number of aromatic nitrogens is 1. The maximum atomic E-state index is 2.52. The van der Waals surface area contributed by atoms with Gasteiger partial charge in [0.25, 0.3) is 0 Å². The number of fused-ring (bicyclic) bond motifs is 4. The van der Waals surface area contributed by atoms with Gasteiger partial charge in [-0.2, -0.15) is 0 Å². The standard InChI is InChI=1S/C62H45N3Si/c1-7-21-50(22-8-1)63(51-23-9-2-10-24-51)54-42-39-47(40-43-54)46-35-37-48(38-36-46)49-41-44-58-57(45-49)61-62(64(58)52-25-11-3-12-26-52)65(53-27-13-4-14-28-53)59-33-19-20-34-60(59)66(61,55-29-15-5-16-30-55)56-31-17-6-18-32-56/h1-45H. The zero-order valence-electron chi connectivity index (χ0n) is 36.3. The van der Waals surface area contributed by atoms with E-state index in [2.05, 4.69) is 287 Å². The Balaban J connectivity index is 1.05. The van der Waals surface area contributed by atoms with Crippen molar-refractivity contribution in [3.8, 4) is 27.9 Å². The molecule has 10 aromatic carbocycles. The third kappa shape index (κ3) is 6.50. The number of hydrogen-bond donors (Lipinski definition) is 0. The van der Waals surface area contributed by atoms with Crippen molar-refractivity contribution in [2.24, 2.45) is 0 Å². The van der Waals surface area contributed by atoms with E-state index >= 15 is 0 Å². The Morgan fingerprint density at radius 3 is 1.29 bits per heavy atom. The van der Waals surface area contributed by atoms with Gasteiger partial charge < -0.3 is 4.90 Å². The van der Waals surface area contributed by atoms with Crippen LogP contribution in [0.3, 0.4) is 0 Å². The van der Waals surface area contributed by atoms with Gasteiger partial charge in [-0.1, -0.05) is 194 Å². The molecule has 0 amide bonds. The van der Waals surface area contributed by atoms with Gasteiger partial charge in [-0.15, -0.1) is 0 Å². The van der Waals surface area contributed by atoms with Crippen molar-refractivity contribution in [2.75, 3.05) is 9.80 Å². The average Bonchev–Trinajstić information content (AvgIpc) is 3.74. The molecule has 0 N–H and O–H groups in total. The van der Waals surface area contributed by atoms with Crippen molar-refractivity contribution in [3.05, 3.63) is 273 Å². The van der Waals surface area contributed by atoms with Crippen LogP contribution in [-0.4, -0.2) is 12.6 Å². The minimum Gasteiger partial charge on any atom is -0.311 e. The fourth-order valence-electron chi connectivity index (χ4n) is 10.4. The fraction of sp³-hybridized carbons (Fsp3) is 0. The molecular formula is C62H45N3Si. The molecule has 0 spiro atoms. The Morgan fingerprint density at radius 2 is 0.742 bits per heavy atom. The molecule has 1 aromatic heterocycles. The van der Waals surface area contributed by atoms with Crippen molar-refractivity contribution in [2.45, 2.75) is 0 Å². The van der Waals surface area contributed by atoms with Gasteiger partial charge in [0, 0.05) is 44.7 Å². The summed E-state index contributed by atoms with van der Waals surface area (Å²) in [6.07, 6.45) is 0. The molecule has 0 saturated heterocycles. The normalized spacial score (nSPS) is 12.6. The van der Waals surface area contributed by atoms with Crippen molar-refractivity contribution in [3.63, 3.8) is 0 Å². The maximum Gasteiger partial charge on any atom is 0.186 e. The molecule has 11 aromatic rings. The first-order valence-corrected chi connectivity index (χ1v) is 24.7.